The third-order valence-electron chi connectivity index (χ3n) is 2.91. The van der Waals surface area contributed by atoms with Crippen LogP contribution in [0.3, 0.4) is 0 Å². The molecule has 22 heavy (non-hydrogen) atoms. The molecule has 0 spiro atoms. The van der Waals surface area contributed by atoms with Gasteiger partial charge in [-0.2, -0.15) is 0 Å². The second-order valence-corrected chi connectivity index (χ2v) is 7.65. The molecule has 0 radical (unpaired) electrons. The highest BCUT2D eigenvalue weighted by molar-refractivity contribution is 7.67. The van der Waals surface area contributed by atoms with Crippen LogP contribution < -0.4 is 10.6 Å². The number of rotatable bonds is 4. The van der Waals surface area contributed by atoms with Gasteiger partial charge in [0, 0.05) is 0 Å². The maximum absolute atomic E-state index is 11.6. The van der Waals surface area contributed by atoms with Gasteiger partial charge in [0.25, 0.3) is 0 Å². The molecule has 0 heterocycles. The van der Waals surface area contributed by atoms with E-state index in [9.17, 15) is 28.7 Å². The van der Waals surface area contributed by atoms with Crippen molar-refractivity contribution in [3.8, 4) is 0 Å². The first-order valence-electron chi connectivity index (χ1n) is 6.18. The summed E-state index contributed by atoms with van der Waals surface area (Å²) in [5.41, 5.74) is 0.860. The monoisotopic (exact) mass is 340 g/mol. The zero-order valence-electron chi connectivity index (χ0n) is 11.3. The topological polar surface area (TPSA) is 115 Å². The third kappa shape index (κ3) is 4.02. The standard InChI is InChI=1S/C14H14O6P2/c15-21(16,17)13-8-4-7-12(14(13)22(18,19)20)10-9-11-5-2-1-3-6-11/h1-10H,(H2,15,16,17)(H2,18,19,20). The van der Waals surface area contributed by atoms with Crippen LogP contribution in [0, 0.1) is 0 Å². The molecule has 2 rings (SSSR count). The van der Waals surface area contributed by atoms with E-state index in [-0.39, 0.29) is 5.56 Å². The highest BCUT2D eigenvalue weighted by Gasteiger charge is 2.32. The summed E-state index contributed by atoms with van der Waals surface area (Å²) < 4.78 is 23.1. The zero-order chi connectivity index (χ0) is 16.4. The highest BCUT2D eigenvalue weighted by atomic mass is 31.2. The Morgan fingerprint density at radius 3 is 1.91 bits per heavy atom. The van der Waals surface area contributed by atoms with Crippen molar-refractivity contribution in [2.45, 2.75) is 0 Å². The predicted octanol–water partition coefficient (Wildman–Crippen LogP) is 1.46. The van der Waals surface area contributed by atoms with E-state index in [0.29, 0.717) is 0 Å². The second-order valence-electron chi connectivity index (χ2n) is 4.55. The Hall–Kier alpha value is -1.52. The van der Waals surface area contributed by atoms with E-state index in [4.69, 9.17) is 0 Å². The largest absolute Gasteiger partial charge is 0.357 e. The number of benzene rings is 2. The smallest absolute Gasteiger partial charge is 0.321 e. The molecule has 0 saturated carbocycles. The summed E-state index contributed by atoms with van der Waals surface area (Å²) in [6.45, 7) is 0. The molecule has 0 aliphatic rings. The molecule has 116 valence electrons. The van der Waals surface area contributed by atoms with Gasteiger partial charge >= 0.3 is 15.2 Å². The maximum Gasteiger partial charge on any atom is 0.357 e. The lowest BCUT2D eigenvalue weighted by Crippen LogP contribution is -2.27. The molecule has 0 fully saturated rings. The van der Waals surface area contributed by atoms with Crippen molar-refractivity contribution in [2.24, 2.45) is 0 Å². The van der Waals surface area contributed by atoms with Crippen molar-refractivity contribution in [2.75, 3.05) is 0 Å². The molecule has 0 saturated heterocycles. The van der Waals surface area contributed by atoms with Gasteiger partial charge in [0.15, 0.2) is 0 Å². The molecule has 4 N–H and O–H groups in total. The van der Waals surface area contributed by atoms with Gasteiger partial charge < -0.3 is 19.6 Å². The minimum absolute atomic E-state index is 0.0676. The third-order valence-corrected chi connectivity index (χ3v) is 5.16. The molecule has 6 nitrogen and oxygen atoms in total. The highest BCUT2D eigenvalue weighted by Crippen LogP contribution is 2.41. The van der Waals surface area contributed by atoms with Crippen LogP contribution in [-0.2, 0) is 9.13 Å². The van der Waals surface area contributed by atoms with Gasteiger partial charge in [-0.15, -0.1) is 0 Å². The van der Waals surface area contributed by atoms with Crippen molar-refractivity contribution >= 4 is 38.0 Å². The Morgan fingerprint density at radius 1 is 0.727 bits per heavy atom. The molecule has 0 bridgehead atoms. The van der Waals surface area contributed by atoms with E-state index in [2.05, 4.69) is 0 Å². The van der Waals surface area contributed by atoms with Crippen molar-refractivity contribution in [1.82, 2.24) is 0 Å². The van der Waals surface area contributed by atoms with Crippen LogP contribution in [0.4, 0.5) is 0 Å². The van der Waals surface area contributed by atoms with E-state index in [1.807, 2.05) is 6.07 Å². The van der Waals surface area contributed by atoms with Crippen molar-refractivity contribution < 1.29 is 28.7 Å². The normalized spacial score (nSPS) is 12.7. The van der Waals surface area contributed by atoms with E-state index in [1.165, 1.54) is 18.2 Å². The van der Waals surface area contributed by atoms with Crippen LogP contribution in [0.2, 0.25) is 0 Å². The SMILES string of the molecule is O=P(O)(O)c1cccc(C=Cc2ccccc2)c1P(=O)(O)O. The first-order valence-corrected chi connectivity index (χ1v) is 9.40. The van der Waals surface area contributed by atoms with Gasteiger partial charge in [-0.25, -0.2) is 0 Å². The van der Waals surface area contributed by atoms with Gasteiger partial charge in [-0.3, -0.25) is 9.13 Å². The molecule has 8 heteroatoms. The molecular formula is C14H14O6P2. The molecule has 0 aliphatic carbocycles. The molecule has 0 aliphatic heterocycles. The van der Waals surface area contributed by atoms with E-state index in [0.717, 1.165) is 11.6 Å². The molecule has 2 aromatic carbocycles. The number of hydrogen-bond donors (Lipinski definition) is 4. The Morgan fingerprint density at radius 2 is 1.36 bits per heavy atom. The average molecular weight is 340 g/mol. The quantitative estimate of drug-likeness (QED) is 0.495. The molecule has 0 amide bonds. The Labute approximate surface area is 127 Å². The van der Waals surface area contributed by atoms with Gasteiger partial charge in [0.1, 0.15) is 0 Å². The van der Waals surface area contributed by atoms with Crippen LogP contribution in [0.1, 0.15) is 11.1 Å². The summed E-state index contributed by atoms with van der Waals surface area (Å²) in [4.78, 5) is 37.5. The summed E-state index contributed by atoms with van der Waals surface area (Å²) in [6, 6.07) is 12.8. The van der Waals surface area contributed by atoms with Crippen molar-refractivity contribution in [3.63, 3.8) is 0 Å². The van der Waals surface area contributed by atoms with Crippen LogP contribution in [0.5, 0.6) is 0 Å². The zero-order valence-corrected chi connectivity index (χ0v) is 13.1. The minimum Gasteiger partial charge on any atom is -0.321 e. The van der Waals surface area contributed by atoms with Crippen molar-refractivity contribution in [3.05, 3.63) is 59.7 Å². The Balaban J connectivity index is 2.60. The van der Waals surface area contributed by atoms with Gasteiger partial charge in [0.2, 0.25) is 0 Å². The Bertz CT molecular complexity index is 788. The lowest BCUT2D eigenvalue weighted by atomic mass is 10.1. The lowest BCUT2D eigenvalue weighted by Gasteiger charge is -2.14. The lowest BCUT2D eigenvalue weighted by molar-refractivity contribution is 0.381. The van der Waals surface area contributed by atoms with Crippen LogP contribution in [0.25, 0.3) is 12.2 Å². The van der Waals surface area contributed by atoms with Crippen LogP contribution in [-0.4, -0.2) is 19.6 Å². The van der Waals surface area contributed by atoms with E-state index >= 15 is 0 Å². The summed E-state index contributed by atoms with van der Waals surface area (Å²) in [5.74, 6) is 0. The van der Waals surface area contributed by atoms with Gasteiger partial charge in [0.05, 0.1) is 10.6 Å². The first-order chi connectivity index (χ1) is 10.2. The van der Waals surface area contributed by atoms with Gasteiger partial charge in [-0.1, -0.05) is 54.6 Å². The predicted molar refractivity (Wildman–Crippen MR) is 85.2 cm³/mol. The molecule has 0 aromatic heterocycles. The fourth-order valence-electron chi connectivity index (χ4n) is 1.99. The van der Waals surface area contributed by atoms with Gasteiger partial charge in [-0.05, 0) is 17.2 Å². The van der Waals surface area contributed by atoms with Crippen molar-refractivity contribution in [1.29, 1.82) is 0 Å². The maximum atomic E-state index is 11.6. The van der Waals surface area contributed by atoms with Crippen LogP contribution >= 0.6 is 15.2 Å². The van der Waals surface area contributed by atoms with Crippen LogP contribution in [0.15, 0.2) is 48.5 Å². The molecule has 0 unspecified atom stereocenters. The molecule has 2 aromatic rings. The fourth-order valence-corrected chi connectivity index (χ4v) is 4.31. The summed E-state index contributed by atoms with van der Waals surface area (Å²) >= 11 is 0. The van der Waals surface area contributed by atoms with E-state index in [1.54, 1.807) is 30.3 Å². The Kier molecular flexibility index (Phi) is 4.83. The summed E-state index contributed by atoms with van der Waals surface area (Å²) in [7, 11) is -9.66. The minimum atomic E-state index is -4.85. The first kappa shape index (κ1) is 16.8. The second kappa shape index (κ2) is 6.31. The number of hydrogen-bond acceptors (Lipinski definition) is 2. The molecular weight excluding hydrogens is 326 g/mol. The van der Waals surface area contributed by atoms with E-state index < -0.39 is 25.8 Å². The molecule has 0 atom stereocenters. The summed E-state index contributed by atoms with van der Waals surface area (Å²) in [5, 5.41) is -1.30. The summed E-state index contributed by atoms with van der Waals surface area (Å²) in [6.07, 6.45) is 3.03. The average Bonchev–Trinajstić information content (AvgIpc) is 2.44. The fraction of sp³-hybridized carbons (Fsp3) is 0.